The number of nitrogens with zero attached hydrogens (tertiary/aromatic N) is 4. The van der Waals surface area contributed by atoms with Crippen LogP contribution in [0.1, 0.15) is 12.6 Å². The molecule has 3 aromatic rings. The number of nitrogens with one attached hydrogen (secondary N) is 1. The van der Waals surface area contributed by atoms with Crippen molar-refractivity contribution in [2.24, 2.45) is 0 Å². The summed E-state index contributed by atoms with van der Waals surface area (Å²) in [4.78, 5) is 24.9. The van der Waals surface area contributed by atoms with Gasteiger partial charge in [-0.2, -0.15) is 0 Å². The fraction of sp³-hybridized carbons (Fsp3) is 0.222. The Morgan fingerprint density at radius 2 is 2.00 bits per heavy atom. The van der Waals surface area contributed by atoms with Crippen LogP contribution in [0.5, 0.6) is 0 Å². The maximum Gasteiger partial charge on any atom is 0.240 e. The Morgan fingerprint density at radius 1 is 1.17 bits per heavy atom. The second kappa shape index (κ2) is 7.50. The van der Waals surface area contributed by atoms with Gasteiger partial charge in [0.25, 0.3) is 0 Å². The van der Waals surface area contributed by atoms with E-state index < -0.39 is 0 Å². The molecule has 6 heteroatoms. The maximum atomic E-state index is 12.3. The Balaban J connectivity index is 1.61. The first-order valence-corrected chi connectivity index (χ1v) is 7.83. The van der Waals surface area contributed by atoms with Gasteiger partial charge in [0.15, 0.2) is 0 Å². The Morgan fingerprint density at radius 3 is 2.75 bits per heavy atom. The zero-order chi connectivity index (χ0) is 16.8. The summed E-state index contributed by atoms with van der Waals surface area (Å²) in [6.45, 7) is 2.19. The molecular weight excluding hydrogens is 302 g/mol. The third-order valence-corrected chi connectivity index (χ3v) is 3.60. The molecule has 1 N–H and O–H groups in total. The van der Waals surface area contributed by atoms with Gasteiger partial charge in [-0.3, -0.25) is 14.8 Å². The molecule has 1 aromatic carbocycles. The quantitative estimate of drug-likeness (QED) is 0.754. The highest BCUT2D eigenvalue weighted by atomic mass is 16.2. The third-order valence-electron chi connectivity index (χ3n) is 3.60. The highest BCUT2D eigenvalue weighted by Crippen LogP contribution is 2.16. The number of aromatic nitrogens is 4. The summed E-state index contributed by atoms with van der Waals surface area (Å²) in [6, 6.07) is 9.81. The number of rotatable bonds is 6. The minimum Gasteiger partial charge on any atom is -0.352 e. The van der Waals surface area contributed by atoms with E-state index in [9.17, 15) is 4.79 Å². The Hall–Kier alpha value is -3.02. The van der Waals surface area contributed by atoms with Crippen molar-refractivity contribution in [2.45, 2.75) is 25.9 Å². The van der Waals surface area contributed by atoms with E-state index in [1.165, 1.54) is 0 Å². The molecule has 3 rings (SSSR count). The zero-order valence-electron chi connectivity index (χ0n) is 13.5. The second-order valence-corrected chi connectivity index (χ2v) is 5.61. The lowest BCUT2D eigenvalue weighted by Crippen LogP contribution is -2.36. The molecule has 0 aliphatic heterocycles. The molecule has 24 heavy (non-hydrogen) atoms. The van der Waals surface area contributed by atoms with E-state index in [1.54, 1.807) is 24.8 Å². The molecule has 2 heterocycles. The van der Waals surface area contributed by atoms with Gasteiger partial charge in [0.2, 0.25) is 5.91 Å². The first-order chi connectivity index (χ1) is 11.7. The maximum absolute atomic E-state index is 12.3. The van der Waals surface area contributed by atoms with Crippen LogP contribution in [0, 0.1) is 0 Å². The molecule has 0 bridgehead atoms. The third kappa shape index (κ3) is 4.04. The molecule has 0 aliphatic rings. The number of carbonyl (C=O) groups excluding carboxylic acids is 1. The molecule has 0 radical (unpaired) electrons. The highest BCUT2D eigenvalue weighted by molar-refractivity contribution is 5.76. The molecule has 0 saturated carbocycles. The first-order valence-electron chi connectivity index (χ1n) is 7.83. The molecule has 1 amide bonds. The van der Waals surface area contributed by atoms with Gasteiger partial charge in [-0.15, -0.1) is 0 Å². The van der Waals surface area contributed by atoms with Gasteiger partial charge in [-0.1, -0.05) is 30.3 Å². The van der Waals surface area contributed by atoms with Crippen molar-refractivity contribution in [1.82, 2.24) is 24.8 Å². The monoisotopic (exact) mass is 321 g/mol. The first kappa shape index (κ1) is 15.9. The van der Waals surface area contributed by atoms with E-state index in [1.807, 2.05) is 48.0 Å². The number of benzene rings is 1. The van der Waals surface area contributed by atoms with Crippen molar-refractivity contribution >= 4 is 5.91 Å². The van der Waals surface area contributed by atoms with Gasteiger partial charge in [-0.05, 0) is 6.92 Å². The Kier molecular flexibility index (Phi) is 4.96. The second-order valence-electron chi connectivity index (χ2n) is 5.61. The Labute approximate surface area is 140 Å². The molecule has 0 fully saturated rings. The van der Waals surface area contributed by atoms with E-state index in [0.717, 1.165) is 17.1 Å². The lowest BCUT2D eigenvalue weighted by atomic mass is 10.2. The minimum absolute atomic E-state index is 0.0158. The van der Waals surface area contributed by atoms with Gasteiger partial charge in [0, 0.05) is 49.0 Å². The smallest absolute Gasteiger partial charge is 0.240 e. The summed E-state index contributed by atoms with van der Waals surface area (Å²) in [5, 5.41) is 2.99. The Bertz CT molecular complexity index is 785. The van der Waals surface area contributed by atoms with Crippen LogP contribution >= 0.6 is 0 Å². The molecule has 0 saturated heterocycles. The largest absolute Gasteiger partial charge is 0.352 e. The number of hydrogen-bond donors (Lipinski definition) is 1. The van der Waals surface area contributed by atoms with Gasteiger partial charge in [0.05, 0.1) is 5.69 Å². The number of amides is 1. The van der Waals surface area contributed by atoms with E-state index in [0.29, 0.717) is 6.42 Å². The van der Waals surface area contributed by atoms with E-state index in [-0.39, 0.29) is 18.5 Å². The molecule has 6 nitrogen and oxygen atoms in total. The topological polar surface area (TPSA) is 72.7 Å². The van der Waals surface area contributed by atoms with Crippen LogP contribution in [-0.4, -0.2) is 31.5 Å². The van der Waals surface area contributed by atoms with Gasteiger partial charge < -0.3 is 9.88 Å². The summed E-state index contributed by atoms with van der Waals surface area (Å²) >= 11 is 0. The van der Waals surface area contributed by atoms with E-state index >= 15 is 0 Å². The van der Waals surface area contributed by atoms with E-state index in [4.69, 9.17) is 0 Å². The fourth-order valence-corrected chi connectivity index (χ4v) is 2.56. The minimum atomic E-state index is -0.0541. The SMILES string of the molecule is CC(Cc1cnccn1)NC(=O)Cn1ccnc1-c1ccccc1. The average Bonchev–Trinajstić information content (AvgIpc) is 3.04. The van der Waals surface area contributed by atoms with Crippen molar-refractivity contribution < 1.29 is 4.79 Å². The highest BCUT2D eigenvalue weighted by Gasteiger charge is 2.12. The van der Waals surface area contributed by atoms with Crippen LogP contribution in [0.15, 0.2) is 61.3 Å². The number of carbonyl (C=O) groups is 1. The number of imidazole rings is 1. The summed E-state index contributed by atoms with van der Waals surface area (Å²) in [6.07, 6.45) is 9.17. The van der Waals surface area contributed by atoms with Crippen molar-refractivity contribution in [3.63, 3.8) is 0 Å². The van der Waals surface area contributed by atoms with Crippen LogP contribution in [-0.2, 0) is 17.8 Å². The molecule has 1 atom stereocenters. The molecule has 0 aliphatic carbocycles. The van der Waals surface area contributed by atoms with Crippen LogP contribution in [0.4, 0.5) is 0 Å². The fourth-order valence-electron chi connectivity index (χ4n) is 2.56. The van der Waals surface area contributed by atoms with Crippen molar-refractivity contribution in [3.8, 4) is 11.4 Å². The number of hydrogen-bond acceptors (Lipinski definition) is 4. The molecule has 122 valence electrons. The molecule has 2 aromatic heterocycles. The van der Waals surface area contributed by atoms with Gasteiger partial charge >= 0.3 is 0 Å². The normalized spacial score (nSPS) is 11.9. The van der Waals surface area contributed by atoms with Crippen molar-refractivity contribution in [1.29, 1.82) is 0 Å². The van der Waals surface area contributed by atoms with Crippen LogP contribution in [0.2, 0.25) is 0 Å². The van der Waals surface area contributed by atoms with Crippen LogP contribution in [0.3, 0.4) is 0 Å². The van der Waals surface area contributed by atoms with Crippen molar-refractivity contribution in [2.75, 3.05) is 0 Å². The van der Waals surface area contributed by atoms with Gasteiger partial charge in [-0.25, -0.2) is 4.98 Å². The predicted molar refractivity (Wildman–Crippen MR) is 91.0 cm³/mol. The predicted octanol–water partition coefficient (Wildman–Crippen LogP) is 2.09. The summed E-state index contributed by atoms with van der Waals surface area (Å²) in [5.74, 6) is 0.730. The molecular formula is C18H19N5O. The van der Waals surface area contributed by atoms with Gasteiger partial charge in [0.1, 0.15) is 12.4 Å². The van der Waals surface area contributed by atoms with Crippen LogP contribution < -0.4 is 5.32 Å². The summed E-state index contributed by atoms with van der Waals surface area (Å²) in [5.41, 5.74) is 1.85. The molecule has 1 unspecified atom stereocenters. The van der Waals surface area contributed by atoms with Crippen LogP contribution in [0.25, 0.3) is 11.4 Å². The lowest BCUT2D eigenvalue weighted by molar-refractivity contribution is -0.122. The lowest BCUT2D eigenvalue weighted by Gasteiger charge is -2.14. The zero-order valence-corrected chi connectivity index (χ0v) is 13.5. The summed E-state index contributed by atoms with van der Waals surface area (Å²) in [7, 11) is 0. The van der Waals surface area contributed by atoms with E-state index in [2.05, 4.69) is 20.3 Å². The summed E-state index contributed by atoms with van der Waals surface area (Å²) < 4.78 is 1.85. The average molecular weight is 321 g/mol. The molecule has 0 spiro atoms. The standard InChI is InChI=1S/C18H19N5O/c1-14(11-16-12-19-7-8-20-16)22-17(24)13-23-10-9-21-18(23)15-5-3-2-4-6-15/h2-10,12,14H,11,13H2,1H3,(H,22,24). The van der Waals surface area contributed by atoms with Crippen molar-refractivity contribution in [3.05, 3.63) is 67.0 Å².